The fraction of sp³-hybridized carbons (Fsp3) is 0.278. The molecule has 0 saturated carbocycles. The number of anilines is 1. The minimum absolute atomic E-state index is 0.261. The number of halogens is 2. The van der Waals surface area contributed by atoms with E-state index in [0.717, 1.165) is 33.6 Å². The Balaban J connectivity index is 1.73. The van der Waals surface area contributed by atoms with Gasteiger partial charge in [-0.25, -0.2) is 4.79 Å². The number of aryl methyl sites for hydroxylation is 1. The molecule has 2 aromatic rings. The molecule has 2 rings (SSSR count). The first kappa shape index (κ1) is 18.6. The summed E-state index contributed by atoms with van der Waals surface area (Å²) in [4.78, 5) is 11.2. The van der Waals surface area contributed by atoms with Crippen molar-refractivity contribution in [2.75, 3.05) is 18.5 Å². The number of benzene rings is 2. The van der Waals surface area contributed by atoms with E-state index in [-0.39, 0.29) is 5.56 Å². The fourth-order valence-electron chi connectivity index (χ4n) is 2.19. The molecule has 24 heavy (non-hydrogen) atoms. The predicted molar refractivity (Wildman–Crippen MR) is 101 cm³/mol. The molecule has 0 fully saturated rings. The highest BCUT2D eigenvalue weighted by Gasteiger charge is 2.09. The average molecular weight is 413 g/mol. The number of ether oxygens (including phenoxy) is 1. The number of rotatable bonds is 8. The molecule has 0 spiro atoms. The quantitative estimate of drug-likeness (QED) is 0.571. The van der Waals surface area contributed by atoms with E-state index in [1.807, 2.05) is 31.2 Å². The van der Waals surface area contributed by atoms with Gasteiger partial charge in [0.2, 0.25) is 0 Å². The van der Waals surface area contributed by atoms with Gasteiger partial charge in [-0.1, -0.05) is 27.5 Å². The van der Waals surface area contributed by atoms with Gasteiger partial charge in [0, 0.05) is 21.7 Å². The molecule has 2 N–H and O–H groups in total. The summed E-state index contributed by atoms with van der Waals surface area (Å²) in [6.07, 6.45) is 1.75. The van der Waals surface area contributed by atoms with Gasteiger partial charge in [0.1, 0.15) is 5.75 Å². The third kappa shape index (κ3) is 5.42. The van der Waals surface area contributed by atoms with Crippen molar-refractivity contribution in [1.82, 2.24) is 0 Å². The molecular weight excluding hydrogens is 394 g/mol. The van der Waals surface area contributed by atoms with Crippen LogP contribution in [0.4, 0.5) is 5.69 Å². The molecule has 0 radical (unpaired) electrons. The summed E-state index contributed by atoms with van der Waals surface area (Å²) >= 11 is 9.26. The van der Waals surface area contributed by atoms with Crippen LogP contribution >= 0.6 is 27.5 Å². The first-order valence-corrected chi connectivity index (χ1v) is 8.80. The third-order valence-corrected chi connectivity index (χ3v) is 4.41. The summed E-state index contributed by atoms with van der Waals surface area (Å²) < 4.78 is 6.43. The van der Waals surface area contributed by atoms with Crippen LogP contribution in [-0.2, 0) is 0 Å². The van der Waals surface area contributed by atoms with Gasteiger partial charge in [0.15, 0.2) is 0 Å². The lowest BCUT2D eigenvalue weighted by Gasteiger charge is -2.11. The molecule has 0 amide bonds. The minimum Gasteiger partial charge on any atom is -0.494 e. The maximum atomic E-state index is 11.2. The Morgan fingerprint density at radius 1 is 1.25 bits per heavy atom. The van der Waals surface area contributed by atoms with Crippen LogP contribution in [0.2, 0.25) is 5.02 Å². The second-order valence-electron chi connectivity index (χ2n) is 5.39. The number of unbranched alkanes of at least 4 members (excludes halogenated alkanes) is 1. The Kier molecular flexibility index (Phi) is 6.94. The van der Waals surface area contributed by atoms with Gasteiger partial charge in [-0.2, -0.15) is 0 Å². The number of carbonyl (C=O) groups is 1. The highest BCUT2D eigenvalue weighted by molar-refractivity contribution is 9.10. The average Bonchev–Trinajstić information content (AvgIpc) is 2.55. The summed E-state index contributed by atoms with van der Waals surface area (Å²) in [6, 6.07) is 10.8. The Labute approximate surface area is 154 Å². The minimum atomic E-state index is -0.944. The van der Waals surface area contributed by atoms with Gasteiger partial charge in [0.05, 0.1) is 12.2 Å². The summed E-state index contributed by atoms with van der Waals surface area (Å²) in [5.74, 6) is -0.133. The summed E-state index contributed by atoms with van der Waals surface area (Å²) in [6.45, 7) is 3.23. The van der Waals surface area contributed by atoms with Crippen LogP contribution in [0.1, 0.15) is 28.8 Å². The zero-order valence-electron chi connectivity index (χ0n) is 13.3. The molecule has 0 aromatic heterocycles. The van der Waals surface area contributed by atoms with E-state index in [1.165, 1.54) is 0 Å². The molecule has 6 heteroatoms. The van der Waals surface area contributed by atoms with Gasteiger partial charge in [-0.05, 0) is 61.7 Å². The summed E-state index contributed by atoms with van der Waals surface area (Å²) in [7, 11) is 0. The van der Waals surface area contributed by atoms with E-state index >= 15 is 0 Å². The maximum Gasteiger partial charge on any atom is 0.337 e. The van der Waals surface area contributed by atoms with Crippen molar-refractivity contribution in [3.05, 3.63) is 57.0 Å². The van der Waals surface area contributed by atoms with E-state index in [0.29, 0.717) is 18.8 Å². The van der Waals surface area contributed by atoms with Crippen molar-refractivity contribution in [1.29, 1.82) is 0 Å². The lowest BCUT2D eigenvalue weighted by molar-refractivity contribution is 0.0698. The Hall–Kier alpha value is -1.72. The van der Waals surface area contributed by atoms with Crippen molar-refractivity contribution in [3.8, 4) is 5.75 Å². The second kappa shape index (κ2) is 8.94. The molecule has 0 saturated heterocycles. The van der Waals surface area contributed by atoms with Crippen molar-refractivity contribution < 1.29 is 14.6 Å². The van der Waals surface area contributed by atoms with Crippen LogP contribution in [0.25, 0.3) is 0 Å². The number of nitrogens with one attached hydrogen (secondary N) is 1. The molecule has 0 heterocycles. The van der Waals surface area contributed by atoms with E-state index in [2.05, 4.69) is 21.2 Å². The predicted octanol–water partition coefficient (Wildman–Crippen LogP) is 5.38. The first-order chi connectivity index (χ1) is 11.5. The maximum absolute atomic E-state index is 11.2. The molecule has 0 aliphatic carbocycles. The molecule has 0 unspecified atom stereocenters. The van der Waals surface area contributed by atoms with Crippen molar-refractivity contribution in [3.63, 3.8) is 0 Å². The number of carboxylic acid groups (broad SMARTS) is 1. The van der Waals surface area contributed by atoms with Crippen LogP contribution < -0.4 is 10.1 Å². The van der Waals surface area contributed by atoms with Gasteiger partial charge >= 0.3 is 5.97 Å². The van der Waals surface area contributed by atoms with Crippen LogP contribution in [-0.4, -0.2) is 24.2 Å². The van der Waals surface area contributed by atoms with Crippen LogP contribution in [0.5, 0.6) is 5.75 Å². The van der Waals surface area contributed by atoms with E-state index < -0.39 is 5.97 Å². The summed E-state index contributed by atoms with van der Waals surface area (Å²) in [5, 5.41) is 13.1. The highest BCUT2D eigenvalue weighted by Crippen LogP contribution is 2.22. The highest BCUT2D eigenvalue weighted by atomic mass is 79.9. The number of aromatic carboxylic acids is 1. The smallest absolute Gasteiger partial charge is 0.337 e. The number of hydrogen-bond donors (Lipinski definition) is 2. The molecule has 2 aromatic carbocycles. The number of hydrogen-bond acceptors (Lipinski definition) is 3. The van der Waals surface area contributed by atoms with Crippen molar-refractivity contribution in [2.24, 2.45) is 0 Å². The number of carboxylic acids is 1. The van der Waals surface area contributed by atoms with Gasteiger partial charge in [0.25, 0.3) is 0 Å². The van der Waals surface area contributed by atoms with Crippen LogP contribution in [0.3, 0.4) is 0 Å². The monoisotopic (exact) mass is 411 g/mol. The second-order valence-corrected chi connectivity index (χ2v) is 6.71. The first-order valence-electron chi connectivity index (χ1n) is 7.63. The molecule has 128 valence electrons. The van der Waals surface area contributed by atoms with Crippen molar-refractivity contribution in [2.45, 2.75) is 19.8 Å². The molecule has 0 aliphatic rings. The Morgan fingerprint density at radius 3 is 2.75 bits per heavy atom. The largest absolute Gasteiger partial charge is 0.494 e. The Bertz CT molecular complexity index is 721. The van der Waals surface area contributed by atoms with E-state index in [1.54, 1.807) is 12.1 Å². The standard InChI is InChI=1S/C18H19BrClNO3/c1-12-10-14(5-6-16(12)20)24-9-3-2-8-21-17-7-4-13(19)11-15(17)18(22)23/h4-7,10-11,21H,2-3,8-9H2,1H3,(H,22,23). The van der Waals surface area contributed by atoms with E-state index in [4.69, 9.17) is 16.3 Å². The molecule has 4 nitrogen and oxygen atoms in total. The zero-order valence-corrected chi connectivity index (χ0v) is 15.7. The molecule has 0 aliphatic heterocycles. The Morgan fingerprint density at radius 2 is 2.04 bits per heavy atom. The topological polar surface area (TPSA) is 58.6 Å². The molecule has 0 atom stereocenters. The lowest BCUT2D eigenvalue weighted by atomic mass is 10.1. The van der Waals surface area contributed by atoms with Crippen molar-refractivity contribution >= 4 is 39.2 Å². The van der Waals surface area contributed by atoms with Crippen LogP contribution in [0, 0.1) is 6.92 Å². The molecular formula is C18H19BrClNO3. The third-order valence-electron chi connectivity index (χ3n) is 3.50. The summed E-state index contributed by atoms with van der Waals surface area (Å²) in [5.41, 5.74) is 1.88. The normalized spacial score (nSPS) is 10.5. The SMILES string of the molecule is Cc1cc(OCCCCNc2ccc(Br)cc2C(=O)O)ccc1Cl. The van der Waals surface area contributed by atoms with Gasteiger partial charge in [-0.3, -0.25) is 0 Å². The zero-order chi connectivity index (χ0) is 17.5. The van der Waals surface area contributed by atoms with Gasteiger partial charge in [-0.15, -0.1) is 0 Å². The van der Waals surface area contributed by atoms with E-state index in [9.17, 15) is 9.90 Å². The van der Waals surface area contributed by atoms with Gasteiger partial charge < -0.3 is 15.2 Å². The fourth-order valence-corrected chi connectivity index (χ4v) is 2.67. The molecule has 0 bridgehead atoms. The van der Waals surface area contributed by atoms with Crippen LogP contribution in [0.15, 0.2) is 40.9 Å². The lowest BCUT2D eigenvalue weighted by Crippen LogP contribution is -2.09.